The third-order valence-electron chi connectivity index (χ3n) is 4.46. The second-order valence-electron chi connectivity index (χ2n) is 6.16. The number of aryl methyl sites for hydroxylation is 1. The van der Waals surface area contributed by atoms with Gasteiger partial charge < -0.3 is 4.90 Å². The van der Waals surface area contributed by atoms with Gasteiger partial charge in [-0.15, -0.1) is 0 Å². The third kappa shape index (κ3) is 2.50. The average molecular weight is 309 g/mol. The zero-order chi connectivity index (χ0) is 15.8. The molecule has 1 aliphatic heterocycles. The van der Waals surface area contributed by atoms with Gasteiger partial charge in [0.25, 0.3) is 5.91 Å². The number of nitrogens with zero attached hydrogens (tertiary/aromatic N) is 4. The van der Waals surface area contributed by atoms with Crippen molar-refractivity contribution in [1.29, 1.82) is 0 Å². The lowest BCUT2D eigenvalue weighted by Gasteiger charge is -2.32. The first kappa shape index (κ1) is 14.0. The summed E-state index contributed by atoms with van der Waals surface area (Å²) in [5.74, 6) is -0.00368. The molecule has 1 unspecified atom stereocenters. The van der Waals surface area contributed by atoms with Gasteiger partial charge >= 0.3 is 0 Å². The summed E-state index contributed by atoms with van der Waals surface area (Å²) in [6.07, 6.45) is 5.94. The van der Waals surface area contributed by atoms with Crippen LogP contribution in [0.15, 0.2) is 36.7 Å². The lowest BCUT2D eigenvalue weighted by molar-refractivity contribution is 0.0669. The minimum Gasteiger partial charge on any atom is -0.335 e. The number of amides is 1. The molecule has 2 aromatic heterocycles. The maximum atomic E-state index is 12.9. The highest BCUT2D eigenvalue weighted by molar-refractivity contribution is 6.04. The number of carbonyl (C=O) groups excluding carboxylic acids is 1. The van der Waals surface area contributed by atoms with Crippen LogP contribution in [0.4, 0.5) is 0 Å². The third-order valence-corrected chi connectivity index (χ3v) is 4.46. The quantitative estimate of drug-likeness (QED) is 0.791. The van der Waals surface area contributed by atoms with Crippen LogP contribution in [0, 0.1) is 6.92 Å². The monoisotopic (exact) mass is 309 g/mol. The number of rotatable bonds is 2. The van der Waals surface area contributed by atoms with Crippen LogP contribution in [0.1, 0.15) is 34.9 Å². The average Bonchev–Trinajstić information content (AvgIpc) is 3.20. The molecule has 1 saturated heterocycles. The number of benzene rings is 1. The number of carbonyl (C=O) groups is 1. The highest BCUT2D eigenvalue weighted by Gasteiger charge is 2.28. The molecule has 4 rings (SSSR count). The second-order valence-corrected chi connectivity index (χ2v) is 6.16. The minimum absolute atomic E-state index is 0.00368. The van der Waals surface area contributed by atoms with E-state index in [4.69, 9.17) is 0 Å². The van der Waals surface area contributed by atoms with E-state index in [0.717, 1.165) is 35.9 Å². The van der Waals surface area contributed by atoms with Gasteiger partial charge in [0.05, 0.1) is 17.8 Å². The number of aromatic amines is 1. The Balaban J connectivity index is 1.58. The van der Waals surface area contributed by atoms with Crippen LogP contribution < -0.4 is 0 Å². The largest absolute Gasteiger partial charge is 0.335 e. The van der Waals surface area contributed by atoms with E-state index in [1.807, 2.05) is 53.2 Å². The SMILES string of the molecule is Cc1cnn(C2CCCN(C(=O)c3n[nH]c4ccccc34)C2)c1. The fourth-order valence-electron chi connectivity index (χ4n) is 3.26. The molecule has 1 fully saturated rings. The summed E-state index contributed by atoms with van der Waals surface area (Å²) in [6.45, 7) is 3.49. The lowest BCUT2D eigenvalue weighted by Crippen LogP contribution is -2.41. The normalized spacial score (nSPS) is 18.5. The van der Waals surface area contributed by atoms with Crippen molar-refractivity contribution in [3.05, 3.63) is 47.9 Å². The van der Waals surface area contributed by atoms with Crippen LogP contribution in [0.2, 0.25) is 0 Å². The topological polar surface area (TPSA) is 66.8 Å². The number of hydrogen-bond acceptors (Lipinski definition) is 3. The van der Waals surface area contributed by atoms with Crippen molar-refractivity contribution in [3.8, 4) is 0 Å². The molecule has 1 atom stereocenters. The molecule has 6 nitrogen and oxygen atoms in total. The van der Waals surface area contributed by atoms with Crippen molar-refractivity contribution >= 4 is 16.8 Å². The van der Waals surface area contributed by atoms with Crippen LogP contribution in [-0.2, 0) is 0 Å². The van der Waals surface area contributed by atoms with Gasteiger partial charge in [-0.25, -0.2) is 0 Å². The Kier molecular flexibility index (Phi) is 3.37. The Labute approximate surface area is 134 Å². The fourth-order valence-corrected chi connectivity index (χ4v) is 3.26. The Morgan fingerprint density at radius 3 is 3.04 bits per heavy atom. The van der Waals surface area contributed by atoms with E-state index >= 15 is 0 Å². The number of likely N-dealkylation sites (tertiary alicyclic amines) is 1. The molecule has 0 radical (unpaired) electrons. The highest BCUT2D eigenvalue weighted by Crippen LogP contribution is 2.24. The first-order valence-corrected chi connectivity index (χ1v) is 7.95. The molecule has 3 aromatic rings. The molecular weight excluding hydrogens is 290 g/mol. The van der Waals surface area contributed by atoms with Crippen molar-refractivity contribution in [2.45, 2.75) is 25.8 Å². The summed E-state index contributed by atoms with van der Waals surface area (Å²) in [7, 11) is 0. The van der Waals surface area contributed by atoms with Crippen molar-refractivity contribution in [2.75, 3.05) is 13.1 Å². The molecule has 1 aliphatic rings. The number of fused-ring (bicyclic) bond motifs is 1. The van der Waals surface area contributed by atoms with Gasteiger partial charge in [-0.2, -0.15) is 10.2 Å². The predicted octanol–water partition coefficient (Wildman–Crippen LogP) is 2.55. The van der Waals surface area contributed by atoms with E-state index in [2.05, 4.69) is 15.3 Å². The summed E-state index contributed by atoms with van der Waals surface area (Å²) in [4.78, 5) is 14.8. The van der Waals surface area contributed by atoms with E-state index < -0.39 is 0 Å². The fraction of sp³-hybridized carbons (Fsp3) is 0.353. The Bertz CT molecular complexity index is 849. The first-order valence-electron chi connectivity index (χ1n) is 7.95. The first-order chi connectivity index (χ1) is 11.2. The molecule has 0 bridgehead atoms. The Morgan fingerprint density at radius 1 is 1.35 bits per heavy atom. The second kappa shape index (κ2) is 5.53. The predicted molar refractivity (Wildman–Crippen MR) is 87.2 cm³/mol. The maximum Gasteiger partial charge on any atom is 0.275 e. The van der Waals surface area contributed by atoms with Crippen molar-refractivity contribution < 1.29 is 4.79 Å². The molecule has 118 valence electrons. The van der Waals surface area contributed by atoms with Gasteiger partial charge in [-0.05, 0) is 31.4 Å². The van der Waals surface area contributed by atoms with E-state index in [1.165, 1.54) is 0 Å². The standard InChI is InChI=1S/C17H19N5O/c1-12-9-18-22(10-12)13-5-4-8-21(11-13)17(23)16-14-6-2-3-7-15(14)19-20-16/h2-3,6-7,9-10,13H,4-5,8,11H2,1H3,(H,19,20). The Hall–Kier alpha value is -2.63. The molecule has 3 heterocycles. The zero-order valence-corrected chi connectivity index (χ0v) is 13.1. The molecule has 6 heteroatoms. The maximum absolute atomic E-state index is 12.9. The molecule has 23 heavy (non-hydrogen) atoms. The van der Waals surface area contributed by atoms with Crippen LogP contribution in [0.25, 0.3) is 10.9 Å². The van der Waals surface area contributed by atoms with E-state index in [0.29, 0.717) is 12.2 Å². The smallest absolute Gasteiger partial charge is 0.275 e. The van der Waals surface area contributed by atoms with E-state index in [9.17, 15) is 4.79 Å². The summed E-state index contributed by atoms with van der Waals surface area (Å²) in [5.41, 5.74) is 2.55. The highest BCUT2D eigenvalue weighted by atomic mass is 16.2. The summed E-state index contributed by atoms with van der Waals surface area (Å²) in [5, 5.41) is 12.5. The number of nitrogens with one attached hydrogen (secondary N) is 1. The Morgan fingerprint density at radius 2 is 2.22 bits per heavy atom. The summed E-state index contributed by atoms with van der Waals surface area (Å²) < 4.78 is 1.98. The number of H-pyrrole nitrogens is 1. The molecule has 0 spiro atoms. The number of para-hydroxylation sites is 1. The van der Waals surface area contributed by atoms with Crippen molar-refractivity contribution in [1.82, 2.24) is 24.9 Å². The van der Waals surface area contributed by atoms with Gasteiger partial charge in [0.15, 0.2) is 5.69 Å². The number of hydrogen-bond donors (Lipinski definition) is 1. The van der Waals surface area contributed by atoms with Gasteiger partial charge in [0.1, 0.15) is 0 Å². The molecular formula is C17H19N5O. The van der Waals surface area contributed by atoms with Crippen LogP contribution in [-0.4, -0.2) is 43.9 Å². The lowest BCUT2D eigenvalue weighted by atomic mass is 10.0. The molecule has 1 amide bonds. The summed E-state index contributed by atoms with van der Waals surface area (Å²) in [6, 6.07) is 7.98. The van der Waals surface area contributed by atoms with Crippen LogP contribution in [0.3, 0.4) is 0 Å². The van der Waals surface area contributed by atoms with Gasteiger partial charge in [0, 0.05) is 24.7 Å². The van der Waals surface area contributed by atoms with Crippen molar-refractivity contribution in [2.24, 2.45) is 0 Å². The van der Waals surface area contributed by atoms with Crippen LogP contribution >= 0.6 is 0 Å². The van der Waals surface area contributed by atoms with Crippen LogP contribution in [0.5, 0.6) is 0 Å². The van der Waals surface area contributed by atoms with Gasteiger partial charge in [-0.3, -0.25) is 14.6 Å². The van der Waals surface area contributed by atoms with Crippen molar-refractivity contribution in [3.63, 3.8) is 0 Å². The van der Waals surface area contributed by atoms with E-state index in [-0.39, 0.29) is 11.9 Å². The number of aromatic nitrogens is 4. The minimum atomic E-state index is -0.00368. The summed E-state index contributed by atoms with van der Waals surface area (Å²) >= 11 is 0. The van der Waals surface area contributed by atoms with Gasteiger partial charge in [0.2, 0.25) is 0 Å². The molecule has 1 aromatic carbocycles. The molecule has 0 saturated carbocycles. The zero-order valence-electron chi connectivity index (χ0n) is 13.1. The number of piperidine rings is 1. The molecule has 1 N–H and O–H groups in total. The molecule has 0 aliphatic carbocycles. The van der Waals surface area contributed by atoms with Gasteiger partial charge in [-0.1, -0.05) is 18.2 Å². The van der Waals surface area contributed by atoms with E-state index in [1.54, 1.807) is 0 Å².